The average molecular weight is 447 g/mol. The largest absolute Gasteiger partial charge is 0.467 e. The molecule has 2 heterocycles. The van der Waals surface area contributed by atoms with E-state index in [9.17, 15) is 4.79 Å². The number of benzene rings is 2. The third-order valence-corrected chi connectivity index (χ3v) is 6.16. The number of rotatable bonds is 7. The van der Waals surface area contributed by atoms with Crippen LogP contribution in [0.25, 0.3) is 11.4 Å². The molecule has 0 saturated heterocycles. The second-order valence-corrected chi connectivity index (χ2v) is 8.89. The molecular weight excluding hydrogens is 420 g/mol. The molecule has 0 radical (unpaired) electrons. The summed E-state index contributed by atoms with van der Waals surface area (Å²) in [5.74, 6) is 1.70. The molecule has 4 rings (SSSR count). The van der Waals surface area contributed by atoms with Gasteiger partial charge in [-0.15, -0.1) is 10.2 Å². The first-order valence-corrected chi connectivity index (χ1v) is 11.4. The maximum atomic E-state index is 12.7. The first-order valence-electron chi connectivity index (χ1n) is 10.4. The summed E-state index contributed by atoms with van der Waals surface area (Å²) in [6.07, 6.45) is 1.65. The highest BCUT2D eigenvalue weighted by Crippen LogP contribution is 2.27. The molecule has 7 heteroatoms. The third kappa shape index (κ3) is 4.94. The van der Waals surface area contributed by atoms with Crippen LogP contribution < -0.4 is 5.32 Å². The fourth-order valence-electron chi connectivity index (χ4n) is 3.70. The van der Waals surface area contributed by atoms with Gasteiger partial charge in [-0.25, -0.2) is 0 Å². The van der Waals surface area contributed by atoms with Crippen LogP contribution in [0.3, 0.4) is 0 Å². The molecule has 2 aromatic heterocycles. The Labute approximate surface area is 192 Å². The minimum atomic E-state index is -0.0745. The normalized spacial score (nSPS) is 11.0. The van der Waals surface area contributed by atoms with Gasteiger partial charge in [0.1, 0.15) is 5.76 Å². The Morgan fingerprint density at radius 2 is 1.72 bits per heavy atom. The molecule has 1 amide bonds. The van der Waals surface area contributed by atoms with Gasteiger partial charge in [0.05, 0.1) is 18.6 Å². The molecule has 0 spiro atoms. The van der Waals surface area contributed by atoms with Crippen molar-refractivity contribution >= 4 is 23.4 Å². The van der Waals surface area contributed by atoms with E-state index < -0.39 is 0 Å². The standard InChI is InChI=1S/C25H26N4O2S/c1-16-7-9-20(10-8-16)24-27-28-25(29(24)14-21-6-5-11-31-21)32-15-22(30)26-23-18(3)12-17(2)13-19(23)4/h5-13H,14-15H2,1-4H3,(H,26,30). The van der Waals surface area contributed by atoms with Crippen LogP contribution in [0, 0.1) is 27.7 Å². The van der Waals surface area contributed by atoms with Gasteiger partial charge in [0.25, 0.3) is 0 Å². The van der Waals surface area contributed by atoms with E-state index in [2.05, 4.69) is 41.5 Å². The summed E-state index contributed by atoms with van der Waals surface area (Å²) in [5, 5.41) is 12.5. The monoisotopic (exact) mass is 446 g/mol. The van der Waals surface area contributed by atoms with Crippen LogP contribution in [-0.2, 0) is 11.3 Å². The fourth-order valence-corrected chi connectivity index (χ4v) is 4.43. The zero-order valence-corrected chi connectivity index (χ0v) is 19.5. The summed E-state index contributed by atoms with van der Waals surface area (Å²) in [6.45, 7) is 8.62. The molecule has 0 unspecified atom stereocenters. The average Bonchev–Trinajstić information content (AvgIpc) is 3.40. The first-order chi connectivity index (χ1) is 15.4. The predicted octanol–water partition coefficient (Wildman–Crippen LogP) is 5.55. The zero-order valence-electron chi connectivity index (χ0n) is 18.7. The maximum Gasteiger partial charge on any atom is 0.234 e. The predicted molar refractivity (Wildman–Crippen MR) is 128 cm³/mol. The lowest BCUT2D eigenvalue weighted by Crippen LogP contribution is -2.16. The number of thioether (sulfide) groups is 1. The SMILES string of the molecule is Cc1ccc(-c2nnc(SCC(=O)Nc3c(C)cc(C)cc3C)n2Cc2ccco2)cc1. The van der Waals surface area contributed by atoms with Gasteiger partial charge >= 0.3 is 0 Å². The van der Waals surface area contributed by atoms with Crippen molar-refractivity contribution in [3.05, 3.63) is 82.8 Å². The topological polar surface area (TPSA) is 73.0 Å². The number of nitrogens with one attached hydrogen (secondary N) is 1. The molecule has 0 aliphatic heterocycles. The molecule has 0 aliphatic rings. The van der Waals surface area contributed by atoms with E-state index in [0.29, 0.717) is 11.7 Å². The highest BCUT2D eigenvalue weighted by molar-refractivity contribution is 7.99. The number of hydrogen-bond acceptors (Lipinski definition) is 5. The van der Waals surface area contributed by atoms with Gasteiger partial charge in [-0.1, -0.05) is 59.3 Å². The van der Waals surface area contributed by atoms with Crippen LogP contribution in [0.15, 0.2) is 64.4 Å². The lowest BCUT2D eigenvalue weighted by atomic mass is 10.1. The molecule has 164 valence electrons. The van der Waals surface area contributed by atoms with E-state index in [1.807, 2.05) is 54.8 Å². The van der Waals surface area contributed by atoms with Crippen LogP contribution in [0.1, 0.15) is 28.0 Å². The lowest BCUT2D eigenvalue weighted by Gasteiger charge is -2.13. The van der Waals surface area contributed by atoms with Crippen LogP contribution in [-0.4, -0.2) is 26.4 Å². The second-order valence-electron chi connectivity index (χ2n) is 7.95. The van der Waals surface area contributed by atoms with Crippen molar-refractivity contribution in [3.8, 4) is 11.4 Å². The number of aryl methyl sites for hydroxylation is 4. The Bertz CT molecular complexity index is 1200. The van der Waals surface area contributed by atoms with Crippen molar-refractivity contribution in [1.82, 2.24) is 14.8 Å². The number of anilines is 1. The van der Waals surface area contributed by atoms with Crippen molar-refractivity contribution < 1.29 is 9.21 Å². The molecule has 1 N–H and O–H groups in total. The molecular formula is C25H26N4O2S. The van der Waals surface area contributed by atoms with Gasteiger partial charge in [-0.05, 0) is 51.0 Å². The molecule has 0 saturated carbocycles. The first kappa shape index (κ1) is 21.9. The molecule has 0 bridgehead atoms. The van der Waals surface area contributed by atoms with Crippen LogP contribution in [0.2, 0.25) is 0 Å². The number of aromatic nitrogens is 3. The Morgan fingerprint density at radius 1 is 1.00 bits per heavy atom. The number of amides is 1. The third-order valence-electron chi connectivity index (χ3n) is 5.19. The number of furan rings is 1. The molecule has 0 aliphatic carbocycles. The van der Waals surface area contributed by atoms with Gasteiger partial charge in [0.15, 0.2) is 11.0 Å². The minimum absolute atomic E-state index is 0.0745. The Balaban J connectivity index is 1.54. The van der Waals surface area contributed by atoms with E-state index in [-0.39, 0.29) is 11.7 Å². The molecule has 0 fully saturated rings. The van der Waals surface area contributed by atoms with Crippen molar-refractivity contribution in [2.24, 2.45) is 0 Å². The highest BCUT2D eigenvalue weighted by Gasteiger charge is 2.17. The number of hydrogen-bond donors (Lipinski definition) is 1. The number of carbonyl (C=O) groups excluding carboxylic acids is 1. The summed E-state index contributed by atoms with van der Waals surface area (Å²) >= 11 is 1.37. The van der Waals surface area contributed by atoms with Gasteiger partial charge in [-0.2, -0.15) is 0 Å². The van der Waals surface area contributed by atoms with E-state index in [0.717, 1.165) is 34.0 Å². The summed E-state index contributed by atoms with van der Waals surface area (Å²) in [6, 6.07) is 16.1. The fraction of sp³-hybridized carbons (Fsp3) is 0.240. The van der Waals surface area contributed by atoms with Gasteiger partial charge in [0, 0.05) is 11.3 Å². The van der Waals surface area contributed by atoms with Gasteiger partial charge < -0.3 is 9.73 Å². The summed E-state index contributed by atoms with van der Waals surface area (Å²) in [5.41, 5.74) is 6.32. The van der Waals surface area contributed by atoms with Gasteiger partial charge in [0.2, 0.25) is 5.91 Å². The van der Waals surface area contributed by atoms with E-state index >= 15 is 0 Å². The quantitative estimate of drug-likeness (QED) is 0.377. The van der Waals surface area contributed by atoms with E-state index in [1.165, 1.54) is 22.9 Å². The van der Waals surface area contributed by atoms with Crippen molar-refractivity contribution in [3.63, 3.8) is 0 Å². The van der Waals surface area contributed by atoms with Crippen molar-refractivity contribution in [2.45, 2.75) is 39.4 Å². The summed E-state index contributed by atoms with van der Waals surface area (Å²) in [7, 11) is 0. The highest BCUT2D eigenvalue weighted by atomic mass is 32.2. The van der Waals surface area contributed by atoms with Gasteiger partial charge in [-0.3, -0.25) is 9.36 Å². The Kier molecular flexibility index (Phi) is 6.46. The molecule has 0 atom stereocenters. The molecule has 2 aromatic carbocycles. The van der Waals surface area contributed by atoms with Crippen LogP contribution in [0.5, 0.6) is 0 Å². The summed E-state index contributed by atoms with van der Waals surface area (Å²) < 4.78 is 7.54. The molecule has 4 aromatic rings. The molecule has 6 nitrogen and oxygen atoms in total. The number of carbonyl (C=O) groups is 1. The van der Waals surface area contributed by atoms with Crippen LogP contribution >= 0.6 is 11.8 Å². The second kappa shape index (κ2) is 9.44. The van der Waals surface area contributed by atoms with Crippen molar-refractivity contribution in [1.29, 1.82) is 0 Å². The molecule has 32 heavy (non-hydrogen) atoms. The zero-order chi connectivity index (χ0) is 22.7. The smallest absolute Gasteiger partial charge is 0.234 e. The van der Waals surface area contributed by atoms with E-state index in [1.54, 1.807) is 6.26 Å². The Morgan fingerprint density at radius 3 is 2.38 bits per heavy atom. The summed E-state index contributed by atoms with van der Waals surface area (Å²) in [4.78, 5) is 12.7. The maximum absolute atomic E-state index is 12.7. The van der Waals surface area contributed by atoms with E-state index in [4.69, 9.17) is 4.42 Å². The number of nitrogens with zero attached hydrogens (tertiary/aromatic N) is 3. The van der Waals surface area contributed by atoms with Crippen LogP contribution in [0.4, 0.5) is 5.69 Å². The minimum Gasteiger partial charge on any atom is -0.467 e. The van der Waals surface area contributed by atoms with Crippen molar-refractivity contribution in [2.75, 3.05) is 11.1 Å². The lowest BCUT2D eigenvalue weighted by molar-refractivity contribution is -0.113. The Hall–Kier alpha value is -3.32.